The SMILES string of the molecule is NNc1nc(SCCCO)c2ccccc2n1. The Kier molecular flexibility index (Phi) is 4.13. The topological polar surface area (TPSA) is 84.1 Å². The third-order valence-corrected chi connectivity index (χ3v) is 3.32. The zero-order valence-electron chi connectivity index (χ0n) is 9.26. The maximum atomic E-state index is 8.78. The highest BCUT2D eigenvalue weighted by Crippen LogP contribution is 2.26. The van der Waals surface area contributed by atoms with Gasteiger partial charge in [-0.1, -0.05) is 18.2 Å². The Morgan fingerprint density at radius 2 is 2.12 bits per heavy atom. The molecule has 0 bridgehead atoms. The van der Waals surface area contributed by atoms with Crippen molar-refractivity contribution in [1.29, 1.82) is 0 Å². The molecule has 2 rings (SSSR count). The van der Waals surface area contributed by atoms with Gasteiger partial charge in [0.25, 0.3) is 0 Å². The second-order valence-corrected chi connectivity index (χ2v) is 4.52. The van der Waals surface area contributed by atoms with Crippen molar-refractivity contribution in [2.24, 2.45) is 5.84 Å². The van der Waals surface area contributed by atoms with Crippen molar-refractivity contribution in [3.8, 4) is 0 Å². The van der Waals surface area contributed by atoms with Gasteiger partial charge in [-0.2, -0.15) is 0 Å². The summed E-state index contributed by atoms with van der Waals surface area (Å²) in [5.74, 6) is 6.57. The third kappa shape index (κ3) is 2.85. The zero-order chi connectivity index (χ0) is 12.1. The average Bonchev–Trinajstić information content (AvgIpc) is 2.38. The second-order valence-electron chi connectivity index (χ2n) is 3.44. The minimum atomic E-state index is 0.192. The van der Waals surface area contributed by atoms with E-state index >= 15 is 0 Å². The third-order valence-electron chi connectivity index (χ3n) is 2.24. The van der Waals surface area contributed by atoms with Gasteiger partial charge < -0.3 is 5.11 Å². The van der Waals surface area contributed by atoms with Gasteiger partial charge in [0, 0.05) is 17.7 Å². The Hall–Kier alpha value is -1.37. The van der Waals surface area contributed by atoms with E-state index in [4.69, 9.17) is 10.9 Å². The van der Waals surface area contributed by atoms with Crippen LogP contribution in [0.25, 0.3) is 10.9 Å². The zero-order valence-corrected chi connectivity index (χ0v) is 10.1. The number of fused-ring (bicyclic) bond motifs is 1. The summed E-state index contributed by atoms with van der Waals surface area (Å²) < 4.78 is 0. The number of anilines is 1. The van der Waals surface area contributed by atoms with E-state index in [0.29, 0.717) is 5.95 Å². The molecule has 0 spiro atoms. The normalized spacial score (nSPS) is 10.7. The van der Waals surface area contributed by atoms with Crippen molar-refractivity contribution in [3.63, 3.8) is 0 Å². The number of benzene rings is 1. The fourth-order valence-corrected chi connectivity index (χ4v) is 2.40. The second kappa shape index (κ2) is 5.81. The summed E-state index contributed by atoms with van der Waals surface area (Å²) in [6.45, 7) is 0.192. The standard InChI is InChI=1S/C11H14N4OS/c12-15-11-13-9-5-2-1-4-8(9)10(14-11)17-7-3-6-16/h1-2,4-5,16H,3,6-7,12H2,(H,13,14,15). The van der Waals surface area contributed by atoms with Crippen molar-refractivity contribution in [2.45, 2.75) is 11.4 Å². The molecule has 5 nitrogen and oxygen atoms in total. The summed E-state index contributed by atoms with van der Waals surface area (Å²) in [5, 5.41) is 10.7. The lowest BCUT2D eigenvalue weighted by Gasteiger charge is -2.07. The summed E-state index contributed by atoms with van der Waals surface area (Å²) in [4.78, 5) is 8.60. The molecule has 0 aliphatic rings. The number of aliphatic hydroxyl groups is 1. The molecule has 6 heteroatoms. The lowest BCUT2D eigenvalue weighted by molar-refractivity contribution is 0.296. The van der Waals surface area contributed by atoms with Crippen molar-refractivity contribution in [1.82, 2.24) is 9.97 Å². The predicted octanol–water partition coefficient (Wildman–Crippen LogP) is 1.39. The molecule has 1 aromatic carbocycles. The summed E-state index contributed by atoms with van der Waals surface area (Å²) >= 11 is 1.60. The highest BCUT2D eigenvalue weighted by molar-refractivity contribution is 7.99. The predicted molar refractivity (Wildman–Crippen MR) is 69.8 cm³/mol. The largest absolute Gasteiger partial charge is 0.396 e. The molecule has 17 heavy (non-hydrogen) atoms. The Balaban J connectivity index is 2.36. The van der Waals surface area contributed by atoms with Gasteiger partial charge in [0.1, 0.15) is 5.03 Å². The van der Waals surface area contributed by atoms with Crippen molar-refractivity contribution >= 4 is 28.6 Å². The molecular weight excluding hydrogens is 236 g/mol. The Labute approximate surface area is 103 Å². The number of aromatic nitrogens is 2. The molecule has 0 radical (unpaired) electrons. The molecule has 0 saturated heterocycles. The average molecular weight is 250 g/mol. The van der Waals surface area contributed by atoms with E-state index in [9.17, 15) is 0 Å². The lowest BCUT2D eigenvalue weighted by Crippen LogP contribution is -2.11. The number of hydrogen-bond donors (Lipinski definition) is 3. The number of thioether (sulfide) groups is 1. The highest BCUT2D eigenvalue weighted by Gasteiger charge is 2.06. The van der Waals surface area contributed by atoms with Crippen LogP contribution < -0.4 is 11.3 Å². The molecule has 0 fully saturated rings. The molecule has 90 valence electrons. The number of nitrogen functional groups attached to an aromatic ring is 1. The first-order valence-electron chi connectivity index (χ1n) is 5.32. The maximum Gasteiger partial charge on any atom is 0.238 e. The van der Waals surface area contributed by atoms with Crippen LogP contribution in [0.1, 0.15) is 6.42 Å². The number of rotatable bonds is 5. The highest BCUT2D eigenvalue weighted by atomic mass is 32.2. The van der Waals surface area contributed by atoms with Crippen LogP contribution in [0.2, 0.25) is 0 Å². The molecule has 0 unspecified atom stereocenters. The van der Waals surface area contributed by atoms with Gasteiger partial charge in [0.05, 0.1) is 5.52 Å². The fraction of sp³-hybridized carbons (Fsp3) is 0.273. The van der Waals surface area contributed by atoms with Crippen LogP contribution in [0.5, 0.6) is 0 Å². The summed E-state index contributed by atoms with van der Waals surface area (Å²) in [7, 11) is 0. The van der Waals surface area contributed by atoms with Crippen LogP contribution in [-0.4, -0.2) is 27.4 Å². The molecule has 1 aromatic heterocycles. The summed E-state index contributed by atoms with van der Waals surface area (Å²) in [5.41, 5.74) is 3.33. The maximum absolute atomic E-state index is 8.78. The van der Waals surface area contributed by atoms with E-state index in [0.717, 1.165) is 28.1 Å². The minimum Gasteiger partial charge on any atom is -0.396 e. The smallest absolute Gasteiger partial charge is 0.238 e. The van der Waals surface area contributed by atoms with Crippen molar-refractivity contribution < 1.29 is 5.11 Å². The van der Waals surface area contributed by atoms with E-state index < -0.39 is 0 Å². The molecule has 0 aliphatic heterocycles. The first kappa shape index (κ1) is 12.1. The first-order valence-corrected chi connectivity index (χ1v) is 6.31. The van der Waals surface area contributed by atoms with E-state index in [1.165, 1.54) is 0 Å². The Morgan fingerprint density at radius 3 is 2.88 bits per heavy atom. The Bertz CT molecular complexity index is 506. The van der Waals surface area contributed by atoms with Gasteiger partial charge >= 0.3 is 0 Å². The van der Waals surface area contributed by atoms with Crippen LogP contribution in [-0.2, 0) is 0 Å². The van der Waals surface area contributed by atoms with Crippen molar-refractivity contribution in [3.05, 3.63) is 24.3 Å². The number of nitrogens with one attached hydrogen (secondary N) is 1. The number of nitrogens with zero attached hydrogens (tertiary/aromatic N) is 2. The van der Waals surface area contributed by atoms with E-state index in [1.807, 2.05) is 24.3 Å². The van der Waals surface area contributed by atoms with E-state index in [2.05, 4.69) is 15.4 Å². The van der Waals surface area contributed by atoms with Gasteiger partial charge in [-0.3, -0.25) is 5.43 Å². The molecule has 2 aromatic rings. The molecule has 0 aliphatic carbocycles. The summed E-state index contributed by atoms with van der Waals surface area (Å²) in [6, 6.07) is 7.79. The number of nitrogens with two attached hydrogens (primary N) is 1. The minimum absolute atomic E-state index is 0.192. The van der Waals surface area contributed by atoms with Crippen molar-refractivity contribution in [2.75, 3.05) is 17.8 Å². The summed E-state index contributed by atoms with van der Waals surface area (Å²) in [6.07, 6.45) is 0.744. The van der Waals surface area contributed by atoms with Gasteiger partial charge in [-0.05, 0) is 12.5 Å². The molecule has 0 saturated carbocycles. The number of para-hydroxylation sites is 1. The quantitative estimate of drug-likeness (QED) is 0.244. The fourth-order valence-electron chi connectivity index (χ4n) is 1.46. The molecule has 0 atom stereocenters. The van der Waals surface area contributed by atoms with Gasteiger partial charge in [0.15, 0.2) is 0 Å². The van der Waals surface area contributed by atoms with Crippen LogP contribution in [0.15, 0.2) is 29.3 Å². The molecule has 1 heterocycles. The molecular formula is C11H14N4OS. The van der Waals surface area contributed by atoms with Crippen LogP contribution >= 0.6 is 11.8 Å². The van der Waals surface area contributed by atoms with Crippen LogP contribution in [0.4, 0.5) is 5.95 Å². The Morgan fingerprint density at radius 1 is 1.29 bits per heavy atom. The number of hydrogen-bond acceptors (Lipinski definition) is 6. The van der Waals surface area contributed by atoms with Gasteiger partial charge in [0.2, 0.25) is 5.95 Å². The number of aliphatic hydroxyl groups excluding tert-OH is 1. The van der Waals surface area contributed by atoms with Gasteiger partial charge in [-0.25, -0.2) is 15.8 Å². The van der Waals surface area contributed by atoms with Gasteiger partial charge in [-0.15, -0.1) is 11.8 Å². The van der Waals surface area contributed by atoms with Crippen LogP contribution in [0.3, 0.4) is 0 Å². The van der Waals surface area contributed by atoms with Crippen LogP contribution in [0, 0.1) is 0 Å². The molecule has 0 amide bonds. The molecule has 4 N–H and O–H groups in total. The monoisotopic (exact) mass is 250 g/mol. The van der Waals surface area contributed by atoms with E-state index in [1.54, 1.807) is 11.8 Å². The van der Waals surface area contributed by atoms with E-state index in [-0.39, 0.29) is 6.61 Å². The first-order chi connectivity index (χ1) is 8.35. The number of hydrazine groups is 1. The lowest BCUT2D eigenvalue weighted by atomic mass is 10.2.